The summed E-state index contributed by atoms with van der Waals surface area (Å²) in [6.07, 6.45) is 8.98. The molecule has 0 aromatic rings. The van der Waals surface area contributed by atoms with E-state index in [-0.39, 0.29) is 5.97 Å². The molecule has 0 rings (SSSR count). The van der Waals surface area contributed by atoms with Crippen LogP contribution in [0.2, 0.25) is 17.7 Å². The number of hydrogen-bond donors (Lipinski definition) is 0. The SMILES string of the molecule is C=C(CCOC(=O)C(C)(C)C)[CH2][Sn]([CH2]CCC)([CH2]CCC)[CH2]CCC. The third-order valence-electron chi connectivity index (χ3n) is 5.11. The van der Waals surface area contributed by atoms with Crippen LogP contribution in [0.4, 0.5) is 0 Å². The first-order valence-corrected chi connectivity index (χ1v) is 18.6. The van der Waals surface area contributed by atoms with E-state index in [2.05, 4.69) is 27.4 Å². The van der Waals surface area contributed by atoms with Gasteiger partial charge in [-0.25, -0.2) is 0 Å². The summed E-state index contributed by atoms with van der Waals surface area (Å²) in [5, 5.41) is 0. The zero-order valence-electron chi connectivity index (χ0n) is 18.0. The van der Waals surface area contributed by atoms with Gasteiger partial charge in [-0.1, -0.05) is 0 Å². The minimum absolute atomic E-state index is 0.0990. The molecule has 0 saturated carbocycles. The molecule has 148 valence electrons. The second-order valence-corrected chi connectivity index (χ2v) is 22.7. The van der Waals surface area contributed by atoms with E-state index in [1.807, 2.05) is 20.8 Å². The summed E-state index contributed by atoms with van der Waals surface area (Å²) >= 11 is -2.14. The van der Waals surface area contributed by atoms with E-state index in [1.54, 1.807) is 0 Å². The quantitative estimate of drug-likeness (QED) is 0.154. The number of unbranched alkanes of at least 4 members (excludes halogenated alkanes) is 3. The van der Waals surface area contributed by atoms with Crippen molar-refractivity contribution in [2.24, 2.45) is 5.41 Å². The normalized spacial score (nSPS) is 12.2. The summed E-state index contributed by atoms with van der Waals surface area (Å²) in [6.45, 7) is 17.6. The van der Waals surface area contributed by atoms with Crippen LogP contribution in [-0.4, -0.2) is 31.0 Å². The molecular weight excluding hydrogens is 415 g/mol. The molecule has 0 aliphatic rings. The van der Waals surface area contributed by atoms with Crippen molar-refractivity contribution in [1.82, 2.24) is 0 Å². The number of carbonyl (C=O) groups is 1. The molecule has 0 radical (unpaired) electrons. The zero-order chi connectivity index (χ0) is 19.3. The van der Waals surface area contributed by atoms with Gasteiger partial charge in [0.2, 0.25) is 0 Å². The first kappa shape index (κ1) is 25.0. The second kappa shape index (κ2) is 13.2. The Morgan fingerprint density at radius 2 is 1.36 bits per heavy atom. The van der Waals surface area contributed by atoms with Crippen molar-refractivity contribution in [3.05, 3.63) is 12.2 Å². The Labute approximate surface area is 162 Å². The summed E-state index contributed by atoms with van der Waals surface area (Å²) in [5.41, 5.74) is 0.939. The predicted molar refractivity (Wildman–Crippen MR) is 114 cm³/mol. The molecule has 0 N–H and O–H groups in total. The molecule has 0 aromatic heterocycles. The third-order valence-corrected chi connectivity index (χ3v) is 20.8. The maximum absolute atomic E-state index is 11.9. The van der Waals surface area contributed by atoms with Crippen molar-refractivity contribution in [2.75, 3.05) is 6.61 Å². The molecule has 0 saturated heterocycles. The second-order valence-electron chi connectivity index (χ2n) is 8.87. The van der Waals surface area contributed by atoms with Gasteiger partial charge in [0, 0.05) is 0 Å². The number of esters is 1. The van der Waals surface area contributed by atoms with E-state index in [4.69, 9.17) is 4.74 Å². The van der Waals surface area contributed by atoms with Crippen molar-refractivity contribution in [3.63, 3.8) is 0 Å². The molecule has 0 spiro atoms. The summed E-state index contributed by atoms with van der Waals surface area (Å²) in [4.78, 5) is 11.9. The molecule has 2 nitrogen and oxygen atoms in total. The Hall–Kier alpha value is 0.00870. The standard InChI is InChI=1S/C10H17O2.3C4H9.Sn/c1-8(2)6-7-12-9(11)10(3,4)5;3*1-3-4-2;/h1-2,6-7H2,3-5H3;3*1,3-4H2,2H3;. The molecule has 0 aromatic carbocycles. The van der Waals surface area contributed by atoms with Crippen LogP contribution in [-0.2, 0) is 9.53 Å². The topological polar surface area (TPSA) is 26.3 Å². The van der Waals surface area contributed by atoms with Crippen molar-refractivity contribution >= 4 is 24.3 Å². The van der Waals surface area contributed by atoms with Gasteiger partial charge in [0.15, 0.2) is 0 Å². The van der Waals surface area contributed by atoms with Crippen LogP contribution in [0, 0.1) is 5.41 Å². The van der Waals surface area contributed by atoms with Crippen molar-refractivity contribution < 1.29 is 9.53 Å². The molecule has 0 unspecified atom stereocenters. The number of ether oxygens (including phenoxy) is 1. The fourth-order valence-electron chi connectivity index (χ4n) is 3.42. The Kier molecular flexibility index (Phi) is 13.2. The van der Waals surface area contributed by atoms with Crippen LogP contribution in [0.15, 0.2) is 12.2 Å². The minimum atomic E-state index is -2.14. The first-order valence-electron chi connectivity index (χ1n) is 10.5. The van der Waals surface area contributed by atoms with E-state index in [9.17, 15) is 4.79 Å². The molecule has 0 fully saturated rings. The molecule has 0 heterocycles. The van der Waals surface area contributed by atoms with Crippen LogP contribution in [0.3, 0.4) is 0 Å². The van der Waals surface area contributed by atoms with Gasteiger partial charge in [-0.3, -0.25) is 0 Å². The van der Waals surface area contributed by atoms with Gasteiger partial charge in [-0.05, 0) is 0 Å². The summed E-state index contributed by atoms with van der Waals surface area (Å²) in [7, 11) is 0. The van der Waals surface area contributed by atoms with Crippen LogP contribution in [0.5, 0.6) is 0 Å². The molecular formula is C22H44O2Sn. The number of carbonyl (C=O) groups excluding carboxylic acids is 1. The Balaban J connectivity index is 4.72. The van der Waals surface area contributed by atoms with Gasteiger partial charge in [0.25, 0.3) is 0 Å². The van der Waals surface area contributed by atoms with Crippen LogP contribution in [0.1, 0.15) is 86.5 Å². The predicted octanol–water partition coefficient (Wildman–Crippen LogP) is 7.37. The molecule has 0 amide bonds. The molecule has 25 heavy (non-hydrogen) atoms. The Bertz CT molecular complexity index is 360. The van der Waals surface area contributed by atoms with Gasteiger partial charge < -0.3 is 0 Å². The molecule has 0 bridgehead atoms. The molecule has 3 heteroatoms. The van der Waals surface area contributed by atoms with E-state index in [1.165, 1.54) is 61.8 Å². The Morgan fingerprint density at radius 1 is 0.920 bits per heavy atom. The van der Waals surface area contributed by atoms with E-state index < -0.39 is 23.8 Å². The van der Waals surface area contributed by atoms with Crippen molar-refractivity contribution in [3.8, 4) is 0 Å². The van der Waals surface area contributed by atoms with Crippen LogP contribution in [0.25, 0.3) is 0 Å². The van der Waals surface area contributed by atoms with E-state index in [0.29, 0.717) is 6.61 Å². The number of hydrogen-bond acceptors (Lipinski definition) is 2. The maximum atomic E-state index is 11.9. The summed E-state index contributed by atoms with van der Waals surface area (Å²) < 4.78 is 11.3. The zero-order valence-corrected chi connectivity index (χ0v) is 20.9. The fourth-order valence-corrected chi connectivity index (χ4v) is 20.1. The average Bonchev–Trinajstić information content (AvgIpc) is 2.55. The molecule has 0 aliphatic carbocycles. The van der Waals surface area contributed by atoms with Gasteiger partial charge in [0.1, 0.15) is 0 Å². The van der Waals surface area contributed by atoms with Crippen LogP contribution >= 0.6 is 0 Å². The van der Waals surface area contributed by atoms with E-state index >= 15 is 0 Å². The Morgan fingerprint density at radius 3 is 1.72 bits per heavy atom. The summed E-state index contributed by atoms with van der Waals surface area (Å²) in [6, 6.07) is 0. The van der Waals surface area contributed by atoms with Gasteiger partial charge in [0.05, 0.1) is 0 Å². The first-order chi connectivity index (χ1) is 11.7. The number of rotatable bonds is 14. The molecule has 0 aliphatic heterocycles. The van der Waals surface area contributed by atoms with Gasteiger partial charge in [-0.15, -0.1) is 0 Å². The van der Waals surface area contributed by atoms with Gasteiger partial charge >= 0.3 is 162 Å². The molecule has 0 atom stereocenters. The fraction of sp³-hybridized carbons (Fsp3) is 0.864. The van der Waals surface area contributed by atoms with Crippen molar-refractivity contribution in [1.29, 1.82) is 0 Å². The third kappa shape index (κ3) is 11.4. The monoisotopic (exact) mass is 460 g/mol. The van der Waals surface area contributed by atoms with Crippen LogP contribution < -0.4 is 0 Å². The summed E-state index contributed by atoms with van der Waals surface area (Å²) in [5.74, 6) is -0.0990. The van der Waals surface area contributed by atoms with Gasteiger partial charge in [-0.2, -0.15) is 0 Å². The van der Waals surface area contributed by atoms with Crippen molar-refractivity contribution in [2.45, 2.75) is 104 Å². The average molecular weight is 459 g/mol. The van der Waals surface area contributed by atoms with E-state index in [0.717, 1.165) is 6.42 Å².